The number of fused-ring (bicyclic) bond motifs is 1. The molecule has 6 nitrogen and oxygen atoms in total. The molecule has 1 aromatic carbocycles. The molecule has 2 heterocycles. The number of likely N-dealkylation sites (tertiary alicyclic amines) is 1. The molecular formula is C31H45F5N2O4. The van der Waals surface area contributed by atoms with Crippen LogP contribution in [0.1, 0.15) is 70.8 Å². The third-order valence-electron chi connectivity index (χ3n) is 9.28. The summed E-state index contributed by atoms with van der Waals surface area (Å²) in [6.45, 7) is 7.35. The van der Waals surface area contributed by atoms with Gasteiger partial charge in [-0.2, -0.15) is 0 Å². The first kappa shape index (κ1) is 32.9. The van der Waals surface area contributed by atoms with Gasteiger partial charge in [-0.05, 0) is 74.1 Å². The average Bonchev–Trinajstić information content (AvgIpc) is 2.90. The van der Waals surface area contributed by atoms with E-state index in [0.29, 0.717) is 45.6 Å². The number of amides is 1. The molecule has 42 heavy (non-hydrogen) atoms. The van der Waals surface area contributed by atoms with Crippen molar-refractivity contribution in [2.75, 3.05) is 39.4 Å². The number of carbonyl (C=O) groups excluding carboxylic acids is 1. The minimum Gasteiger partial charge on any atom is -0.406 e. The van der Waals surface area contributed by atoms with Gasteiger partial charge in [-0.3, -0.25) is 9.69 Å². The van der Waals surface area contributed by atoms with Crippen LogP contribution in [0.4, 0.5) is 22.0 Å². The van der Waals surface area contributed by atoms with Crippen LogP contribution in [0.15, 0.2) is 24.3 Å². The zero-order valence-electron chi connectivity index (χ0n) is 24.7. The Hall–Kier alpha value is -1.98. The number of halogens is 5. The van der Waals surface area contributed by atoms with E-state index in [4.69, 9.17) is 4.74 Å². The summed E-state index contributed by atoms with van der Waals surface area (Å²) in [6.07, 6.45) is -2.31. The highest BCUT2D eigenvalue weighted by atomic mass is 19.4. The van der Waals surface area contributed by atoms with Gasteiger partial charge in [0.2, 0.25) is 11.8 Å². The lowest BCUT2D eigenvalue weighted by atomic mass is 9.79. The van der Waals surface area contributed by atoms with Crippen LogP contribution < -0.4 is 4.74 Å². The summed E-state index contributed by atoms with van der Waals surface area (Å²) in [5.41, 5.74) is 0.309. The molecule has 4 rings (SSSR count). The van der Waals surface area contributed by atoms with Crippen molar-refractivity contribution in [3.8, 4) is 5.75 Å². The number of rotatable bonds is 5. The fourth-order valence-electron chi connectivity index (χ4n) is 6.51. The molecule has 2 saturated heterocycles. The first-order valence-corrected chi connectivity index (χ1v) is 15.2. The number of hydrogen-bond donors (Lipinski definition) is 1. The van der Waals surface area contributed by atoms with Crippen LogP contribution in [0, 0.1) is 23.2 Å². The molecule has 2 aliphatic heterocycles. The highest BCUT2D eigenvalue weighted by molar-refractivity contribution is 5.76. The lowest BCUT2D eigenvalue weighted by molar-refractivity contribution is -0.274. The van der Waals surface area contributed by atoms with Crippen molar-refractivity contribution < 1.29 is 41.3 Å². The van der Waals surface area contributed by atoms with Gasteiger partial charge >= 0.3 is 6.36 Å². The maximum atomic E-state index is 13.8. The van der Waals surface area contributed by atoms with E-state index in [9.17, 15) is 31.9 Å². The lowest BCUT2D eigenvalue weighted by Crippen LogP contribution is -2.48. The third kappa shape index (κ3) is 9.77. The van der Waals surface area contributed by atoms with Crippen LogP contribution in [-0.2, 0) is 16.1 Å². The largest absolute Gasteiger partial charge is 0.573 e. The van der Waals surface area contributed by atoms with Crippen molar-refractivity contribution >= 4 is 5.91 Å². The van der Waals surface area contributed by atoms with Crippen LogP contribution in [0.5, 0.6) is 5.75 Å². The number of β-amino-alcohol motifs (C(OH)–C–C–N with tert-alkyl or cyclic N) is 1. The van der Waals surface area contributed by atoms with E-state index in [1.165, 1.54) is 12.1 Å². The quantitative estimate of drug-likeness (QED) is 0.402. The number of piperidine rings is 1. The number of ether oxygens (including phenoxy) is 2. The standard InChI is InChI=1S/C31H45F5N2O4/c1-29(2)21-41-15-3-4-25-19-37(17-22-5-7-26(8-6-22)42-31(34,35)36)14-11-24(25)16-28(40)38(20-27(29)39)18-23-9-12-30(32,33)13-10-23/h5-8,23-25,27,39H,3-4,9-21H2,1-2H3/t24-,25-,27-/m0/s1. The van der Waals surface area contributed by atoms with E-state index in [1.54, 1.807) is 17.0 Å². The molecule has 0 spiro atoms. The summed E-state index contributed by atoms with van der Waals surface area (Å²) >= 11 is 0. The Morgan fingerprint density at radius 3 is 2.38 bits per heavy atom. The molecule has 0 radical (unpaired) electrons. The van der Waals surface area contributed by atoms with Gasteiger partial charge in [-0.25, -0.2) is 8.78 Å². The Labute approximate surface area is 245 Å². The summed E-state index contributed by atoms with van der Waals surface area (Å²) in [5.74, 6) is -2.57. The fraction of sp³-hybridized carbons (Fsp3) is 0.774. The van der Waals surface area contributed by atoms with Gasteiger partial charge in [0, 0.05) is 57.5 Å². The van der Waals surface area contributed by atoms with Crippen LogP contribution in [0.3, 0.4) is 0 Å². The first-order chi connectivity index (χ1) is 19.7. The molecule has 1 aromatic rings. The number of aliphatic hydroxyl groups is 1. The summed E-state index contributed by atoms with van der Waals surface area (Å²) in [6, 6.07) is 5.92. The predicted octanol–water partition coefficient (Wildman–Crippen LogP) is 6.27. The zero-order valence-corrected chi connectivity index (χ0v) is 24.7. The SMILES string of the molecule is CC1(C)COCCC[C@H]2CN(Cc3ccc(OC(F)(F)F)cc3)CC[C@H]2CC(=O)N(CC2CCC(F)(F)CC2)C[C@@H]1O. The van der Waals surface area contributed by atoms with Crippen LogP contribution in [0.25, 0.3) is 0 Å². The van der Waals surface area contributed by atoms with Crippen molar-refractivity contribution in [2.24, 2.45) is 23.2 Å². The van der Waals surface area contributed by atoms with Crippen molar-refractivity contribution in [1.82, 2.24) is 9.80 Å². The molecule has 0 aromatic heterocycles. The van der Waals surface area contributed by atoms with Gasteiger partial charge < -0.3 is 19.5 Å². The Morgan fingerprint density at radius 2 is 1.71 bits per heavy atom. The van der Waals surface area contributed by atoms with Crippen LogP contribution in [0.2, 0.25) is 0 Å². The second kappa shape index (κ2) is 13.8. The Morgan fingerprint density at radius 1 is 1.02 bits per heavy atom. The van der Waals surface area contributed by atoms with Gasteiger partial charge in [0.25, 0.3) is 0 Å². The van der Waals surface area contributed by atoms with Crippen molar-refractivity contribution in [2.45, 2.75) is 90.1 Å². The molecule has 0 unspecified atom stereocenters. The number of hydrogen-bond acceptors (Lipinski definition) is 5. The van der Waals surface area contributed by atoms with E-state index in [0.717, 1.165) is 37.9 Å². The van der Waals surface area contributed by atoms with Crippen LogP contribution in [-0.4, -0.2) is 78.6 Å². The number of aliphatic hydroxyl groups excluding tert-OH is 1. The van der Waals surface area contributed by atoms with E-state index >= 15 is 0 Å². The van der Waals surface area contributed by atoms with Gasteiger partial charge in [-0.1, -0.05) is 26.0 Å². The topological polar surface area (TPSA) is 62.2 Å². The molecule has 11 heteroatoms. The normalized spacial score (nSPS) is 28.7. The van der Waals surface area contributed by atoms with Crippen molar-refractivity contribution in [1.29, 1.82) is 0 Å². The van der Waals surface area contributed by atoms with Crippen molar-refractivity contribution in [3.05, 3.63) is 29.8 Å². The van der Waals surface area contributed by atoms with E-state index < -0.39 is 23.8 Å². The van der Waals surface area contributed by atoms with Gasteiger partial charge in [0.15, 0.2) is 0 Å². The molecule has 0 bridgehead atoms. The number of alkyl halides is 5. The molecule has 238 valence electrons. The first-order valence-electron chi connectivity index (χ1n) is 15.2. The summed E-state index contributed by atoms with van der Waals surface area (Å²) < 4.78 is 75.0. The third-order valence-corrected chi connectivity index (χ3v) is 9.28. The van der Waals surface area contributed by atoms with E-state index in [-0.39, 0.29) is 48.8 Å². The van der Waals surface area contributed by atoms with Gasteiger partial charge in [0.1, 0.15) is 5.75 Å². The van der Waals surface area contributed by atoms with E-state index in [2.05, 4.69) is 9.64 Å². The molecule has 1 aliphatic carbocycles. The molecule has 3 atom stereocenters. The number of nitrogens with zero attached hydrogens (tertiary/aromatic N) is 2. The maximum Gasteiger partial charge on any atom is 0.573 e. The highest BCUT2D eigenvalue weighted by Crippen LogP contribution is 2.38. The molecule has 1 N–H and O–H groups in total. The minimum absolute atomic E-state index is 0.0126. The summed E-state index contributed by atoms with van der Waals surface area (Å²) in [4.78, 5) is 17.8. The fourth-order valence-corrected chi connectivity index (χ4v) is 6.51. The minimum atomic E-state index is -4.73. The van der Waals surface area contributed by atoms with E-state index in [1.807, 2.05) is 13.8 Å². The average molecular weight is 605 g/mol. The Bertz CT molecular complexity index is 1010. The molecule has 1 amide bonds. The second-order valence-electron chi connectivity index (χ2n) is 13.2. The Kier molecular flexibility index (Phi) is 10.8. The van der Waals surface area contributed by atoms with Crippen molar-refractivity contribution in [3.63, 3.8) is 0 Å². The highest BCUT2D eigenvalue weighted by Gasteiger charge is 2.39. The van der Waals surface area contributed by atoms with Gasteiger partial charge in [-0.15, -0.1) is 13.2 Å². The summed E-state index contributed by atoms with van der Waals surface area (Å²) in [5, 5.41) is 11.1. The smallest absolute Gasteiger partial charge is 0.406 e. The zero-order chi connectivity index (χ0) is 30.5. The predicted molar refractivity (Wildman–Crippen MR) is 148 cm³/mol. The maximum absolute atomic E-state index is 13.8. The molecule has 1 saturated carbocycles. The lowest BCUT2D eigenvalue weighted by Gasteiger charge is -2.40. The Balaban J connectivity index is 1.42. The monoisotopic (exact) mass is 604 g/mol. The second-order valence-corrected chi connectivity index (χ2v) is 13.2. The molecule has 3 fully saturated rings. The van der Waals surface area contributed by atoms with Crippen LogP contribution >= 0.6 is 0 Å². The summed E-state index contributed by atoms with van der Waals surface area (Å²) in [7, 11) is 0. The molecular weight excluding hydrogens is 559 g/mol. The number of benzene rings is 1. The number of carbonyl (C=O) groups is 1. The molecule has 3 aliphatic rings. The van der Waals surface area contributed by atoms with Gasteiger partial charge in [0.05, 0.1) is 12.7 Å².